The van der Waals surface area contributed by atoms with Gasteiger partial charge in [-0.2, -0.15) is 9.61 Å². The number of halogens is 2. The molecule has 1 N–H and O–H groups in total. The second-order valence-corrected chi connectivity index (χ2v) is 12.2. The van der Waals surface area contributed by atoms with Gasteiger partial charge < -0.3 is 5.32 Å². The largest absolute Gasteiger partial charge is 0.366 e. The number of likely N-dealkylation sites (tertiary alicyclic amines) is 1. The molecule has 0 bridgehead atoms. The average molecular weight is 620 g/mol. The van der Waals surface area contributed by atoms with Crippen LogP contribution in [0.2, 0.25) is 5.02 Å². The van der Waals surface area contributed by atoms with Gasteiger partial charge in [0.1, 0.15) is 5.82 Å². The number of pyridine rings is 1. The second kappa shape index (κ2) is 12.1. The maximum atomic E-state index is 6.09. The van der Waals surface area contributed by atoms with Crippen molar-refractivity contribution in [2.24, 2.45) is 0 Å². The van der Waals surface area contributed by atoms with Crippen molar-refractivity contribution in [1.82, 2.24) is 24.5 Å². The predicted octanol–water partition coefficient (Wildman–Crippen LogP) is 7.68. The lowest BCUT2D eigenvalue weighted by Crippen LogP contribution is -2.34. The normalized spacial score (nSPS) is 16.0. The number of rotatable bonds is 8. The number of piperidine rings is 1. The van der Waals surface area contributed by atoms with E-state index < -0.39 is 0 Å². The van der Waals surface area contributed by atoms with Gasteiger partial charge in [-0.15, -0.1) is 0 Å². The minimum atomic E-state index is 0.348. The molecule has 0 amide bonds. The Balaban J connectivity index is 1.20. The zero-order chi connectivity index (χ0) is 26.6. The standard InChI is InChI=1S/C30H28BrClN6S/c31-26-18-35-38-29(34-17-21-5-3-13-33-16-21)15-27(36-30(26)38)22-7-4-14-37(19-22)20-23-6-1-2-8-28(23)39-25-11-9-24(32)10-12-25/h1-3,5-6,8-13,15-16,18,22,34H,4,7,14,17,19-20H2. The molecular formula is C30H28BrClN6S. The molecule has 1 fully saturated rings. The van der Waals surface area contributed by atoms with Crippen molar-refractivity contribution in [2.75, 3.05) is 18.4 Å². The lowest BCUT2D eigenvalue weighted by atomic mass is 9.94. The SMILES string of the molecule is Clc1ccc(Sc2ccccc2CN2CCCC(c3cc(NCc4cccnc4)n4ncc(Br)c4n3)C2)cc1. The van der Waals surface area contributed by atoms with E-state index in [0.29, 0.717) is 12.5 Å². The number of hydrogen-bond donors (Lipinski definition) is 1. The Bertz CT molecular complexity index is 1560. The molecule has 1 aliphatic heterocycles. The molecule has 5 aromatic rings. The summed E-state index contributed by atoms with van der Waals surface area (Å²) in [6.45, 7) is 3.64. The van der Waals surface area contributed by atoms with E-state index in [1.54, 1.807) is 18.0 Å². The maximum Gasteiger partial charge on any atom is 0.171 e. The van der Waals surface area contributed by atoms with Gasteiger partial charge in [0.2, 0.25) is 0 Å². The van der Waals surface area contributed by atoms with Crippen molar-refractivity contribution < 1.29 is 0 Å². The van der Waals surface area contributed by atoms with Gasteiger partial charge in [0.25, 0.3) is 0 Å². The van der Waals surface area contributed by atoms with Crippen molar-refractivity contribution in [3.8, 4) is 0 Å². The van der Waals surface area contributed by atoms with Crippen LogP contribution in [0.1, 0.15) is 35.6 Å². The molecule has 0 saturated carbocycles. The number of hydrogen-bond acceptors (Lipinski definition) is 6. The lowest BCUT2D eigenvalue weighted by Gasteiger charge is -2.33. The monoisotopic (exact) mass is 618 g/mol. The van der Waals surface area contributed by atoms with Crippen molar-refractivity contribution >= 4 is 50.8 Å². The number of anilines is 1. The summed E-state index contributed by atoms with van der Waals surface area (Å²) in [7, 11) is 0. The van der Waals surface area contributed by atoms with Crippen LogP contribution in [-0.4, -0.2) is 37.6 Å². The summed E-state index contributed by atoms with van der Waals surface area (Å²) in [5.41, 5.74) is 4.40. The molecule has 1 aliphatic rings. The molecule has 1 atom stereocenters. The first-order chi connectivity index (χ1) is 19.1. The third kappa shape index (κ3) is 6.30. The Labute approximate surface area is 246 Å². The maximum absolute atomic E-state index is 6.09. The highest BCUT2D eigenvalue weighted by atomic mass is 79.9. The van der Waals surface area contributed by atoms with Gasteiger partial charge in [-0.3, -0.25) is 9.88 Å². The van der Waals surface area contributed by atoms with E-state index >= 15 is 0 Å². The van der Waals surface area contributed by atoms with Gasteiger partial charge >= 0.3 is 0 Å². The number of aromatic nitrogens is 4. The Kier molecular flexibility index (Phi) is 8.16. The minimum Gasteiger partial charge on any atom is -0.366 e. The smallest absolute Gasteiger partial charge is 0.171 e. The lowest BCUT2D eigenvalue weighted by molar-refractivity contribution is 0.197. The number of fused-ring (bicyclic) bond motifs is 1. The Morgan fingerprint density at radius 2 is 1.92 bits per heavy atom. The van der Waals surface area contributed by atoms with Crippen molar-refractivity contribution in [2.45, 2.75) is 41.6 Å². The molecular weight excluding hydrogens is 592 g/mol. The second-order valence-electron chi connectivity index (χ2n) is 9.75. The summed E-state index contributed by atoms with van der Waals surface area (Å²) in [5, 5.41) is 8.86. The summed E-state index contributed by atoms with van der Waals surface area (Å²) >= 11 is 11.5. The highest BCUT2D eigenvalue weighted by molar-refractivity contribution is 9.10. The van der Waals surface area contributed by atoms with E-state index in [-0.39, 0.29) is 0 Å². The highest BCUT2D eigenvalue weighted by Gasteiger charge is 2.25. The molecule has 198 valence electrons. The van der Waals surface area contributed by atoms with E-state index in [1.807, 2.05) is 35.1 Å². The fraction of sp³-hybridized carbons (Fsp3) is 0.233. The first-order valence-corrected chi connectivity index (χ1v) is 15.0. The highest BCUT2D eigenvalue weighted by Crippen LogP contribution is 2.34. The number of nitrogens with zero attached hydrogens (tertiary/aromatic N) is 5. The van der Waals surface area contributed by atoms with Crippen LogP contribution in [0, 0.1) is 0 Å². The van der Waals surface area contributed by atoms with E-state index in [2.05, 4.69) is 84.8 Å². The van der Waals surface area contributed by atoms with Crippen LogP contribution in [0.5, 0.6) is 0 Å². The van der Waals surface area contributed by atoms with Crippen LogP contribution in [-0.2, 0) is 13.1 Å². The zero-order valence-electron chi connectivity index (χ0n) is 21.3. The van der Waals surface area contributed by atoms with Gasteiger partial charge in [-0.1, -0.05) is 47.6 Å². The third-order valence-corrected chi connectivity index (χ3v) is 8.91. The molecule has 1 unspecified atom stereocenters. The van der Waals surface area contributed by atoms with Crippen LogP contribution in [0.15, 0.2) is 99.6 Å². The Morgan fingerprint density at radius 1 is 1.05 bits per heavy atom. The van der Waals surface area contributed by atoms with Crippen LogP contribution < -0.4 is 5.32 Å². The zero-order valence-corrected chi connectivity index (χ0v) is 24.5. The predicted molar refractivity (Wildman–Crippen MR) is 162 cm³/mol. The Hall–Kier alpha value is -2.91. The van der Waals surface area contributed by atoms with Crippen LogP contribution in [0.4, 0.5) is 5.82 Å². The molecule has 39 heavy (non-hydrogen) atoms. The van der Waals surface area contributed by atoms with Crippen LogP contribution in [0.3, 0.4) is 0 Å². The molecule has 1 saturated heterocycles. The summed E-state index contributed by atoms with van der Waals surface area (Å²) in [5.74, 6) is 1.28. The fourth-order valence-corrected chi connectivity index (χ4v) is 6.44. The molecule has 6 nitrogen and oxygen atoms in total. The first kappa shape index (κ1) is 26.3. The van der Waals surface area contributed by atoms with Gasteiger partial charge in [-0.25, -0.2) is 4.98 Å². The summed E-state index contributed by atoms with van der Waals surface area (Å²) in [6, 6.07) is 23.0. The molecule has 9 heteroatoms. The van der Waals surface area contributed by atoms with Gasteiger partial charge in [0.15, 0.2) is 5.65 Å². The molecule has 4 heterocycles. The average Bonchev–Trinajstić information content (AvgIpc) is 3.35. The molecule has 0 spiro atoms. The first-order valence-electron chi connectivity index (χ1n) is 13.0. The van der Waals surface area contributed by atoms with Crippen LogP contribution in [0.25, 0.3) is 5.65 Å². The van der Waals surface area contributed by atoms with Crippen molar-refractivity contribution in [3.63, 3.8) is 0 Å². The third-order valence-electron chi connectivity index (χ3n) is 6.98. The Morgan fingerprint density at radius 3 is 2.77 bits per heavy atom. The molecule has 0 radical (unpaired) electrons. The summed E-state index contributed by atoms with van der Waals surface area (Å²) in [4.78, 5) is 14.3. The molecule has 6 rings (SSSR count). The number of nitrogens with one attached hydrogen (secondary N) is 1. The van der Waals surface area contributed by atoms with Gasteiger partial charge in [0, 0.05) is 58.8 Å². The van der Waals surface area contributed by atoms with E-state index in [4.69, 9.17) is 16.6 Å². The molecule has 3 aromatic heterocycles. The summed E-state index contributed by atoms with van der Waals surface area (Å²) in [6.07, 6.45) is 7.75. The van der Waals surface area contributed by atoms with E-state index in [1.165, 1.54) is 15.4 Å². The summed E-state index contributed by atoms with van der Waals surface area (Å²) < 4.78 is 2.77. The van der Waals surface area contributed by atoms with Gasteiger partial charge in [-0.05, 0) is 82.8 Å². The quantitative estimate of drug-likeness (QED) is 0.192. The molecule has 0 aliphatic carbocycles. The van der Waals surface area contributed by atoms with Crippen molar-refractivity contribution in [3.05, 3.63) is 112 Å². The molecule has 2 aromatic carbocycles. The number of benzene rings is 2. The fourth-order valence-electron chi connectivity index (χ4n) is 5.03. The topological polar surface area (TPSA) is 58.4 Å². The van der Waals surface area contributed by atoms with E-state index in [9.17, 15) is 0 Å². The minimum absolute atomic E-state index is 0.348. The van der Waals surface area contributed by atoms with Gasteiger partial charge in [0.05, 0.1) is 16.4 Å². The van der Waals surface area contributed by atoms with Crippen molar-refractivity contribution in [1.29, 1.82) is 0 Å². The van der Waals surface area contributed by atoms with Crippen LogP contribution >= 0.6 is 39.3 Å². The van der Waals surface area contributed by atoms with E-state index in [0.717, 1.165) is 64.7 Å².